The second-order valence-corrected chi connectivity index (χ2v) is 7.06. The van der Waals surface area contributed by atoms with Crippen molar-refractivity contribution in [2.75, 3.05) is 12.4 Å². The van der Waals surface area contributed by atoms with Crippen LogP contribution < -0.4 is 20.2 Å². The fourth-order valence-corrected chi connectivity index (χ4v) is 2.81. The normalized spacial score (nSPS) is 10.6. The number of methoxy groups -OCH3 is 1. The van der Waals surface area contributed by atoms with Gasteiger partial charge in [-0.25, -0.2) is 5.43 Å². The number of para-hydroxylation sites is 2. The summed E-state index contributed by atoms with van der Waals surface area (Å²) >= 11 is 0. The van der Waals surface area contributed by atoms with E-state index in [2.05, 4.69) is 28.0 Å². The molecule has 7 heteroatoms. The van der Waals surface area contributed by atoms with Crippen LogP contribution in [-0.2, 0) is 16.2 Å². The first-order valence-electron chi connectivity index (χ1n) is 10.1. The van der Waals surface area contributed by atoms with E-state index < -0.39 is 11.8 Å². The van der Waals surface area contributed by atoms with Gasteiger partial charge in [0.25, 0.3) is 0 Å². The molecule has 0 fully saturated rings. The number of carbonyl (C=O) groups is 2. The molecule has 2 amide bonds. The molecule has 0 saturated heterocycles. The van der Waals surface area contributed by atoms with Crippen molar-refractivity contribution in [1.82, 2.24) is 5.43 Å². The average molecular weight is 431 g/mol. The lowest BCUT2D eigenvalue weighted by atomic mass is 10.2. The van der Waals surface area contributed by atoms with E-state index in [4.69, 9.17) is 9.47 Å². The SMILES string of the molecule is COc1ccccc1NC(=O)CC(=O)NN=Cc1ccc(OCc2ccc(C)cc2)cc1. The Morgan fingerprint density at radius 3 is 2.38 bits per heavy atom. The number of nitrogens with zero attached hydrogens (tertiary/aromatic N) is 1. The lowest BCUT2D eigenvalue weighted by Crippen LogP contribution is -2.24. The molecule has 0 unspecified atom stereocenters. The summed E-state index contributed by atoms with van der Waals surface area (Å²) in [4.78, 5) is 24.0. The monoisotopic (exact) mass is 431 g/mol. The van der Waals surface area contributed by atoms with Gasteiger partial charge in [0.1, 0.15) is 24.5 Å². The molecule has 0 aromatic heterocycles. The van der Waals surface area contributed by atoms with Gasteiger partial charge in [-0.15, -0.1) is 0 Å². The minimum atomic E-state index is -0.522. The first kappa shape index (κ1) is 22.6. The summed E-state index contributed by atoms with van der Waals surface area (Å²) in [5.74, 6) is 0.273. The van der Waals surface area contributed by atoms with Crippen molar-refractivity contribution >= 4 is 23.7 Å². The highest BCUT2D eigenvalue weighted by Gasteiger charge is 2.11. The maximum atomic E-state index is 12.0. The number of aryl methyl sites for hydroxylation is 1. The van der Waals surface area contributed by atoms with Crippen molar-refractivity contribution in [2.45, 2.75) is 20.0 Å². The largest absolute Gasteiger partial charge is 0.495 e. The molecule has 0 atom stereocenters. The first-order chi connectivity index (χ1) is 15.5. The fourth-order valence-electron chi connectivity index (χ4n) is 2.81. The lowest BCUT2D eigenvalue weighted by molar-refractivity contribution is -0.126. The Morgan fingerprint density at radius 2 is 1.66 bits per heavy atom. The molecule has 7 nitrogen and oxygen atoms in total. The van der Waals surface area contributed by atoms with Crippen molar-refractivity contribution in [3.63, 3.8) is 0 Å². The van der Waals surface area contributed by atoms with Crippen molar-refractivity contribution in [3.8, 4) is 11.5 Å². The second-order valence-electron chi connectivity index (χ2n) is 7.06. The predicted octanol–water partition coefficient (Wildman–Crippen LogP) is 4.06. The summed E-state index contributed by atoms with van der Waals surface area (Å²) in [6, 6.07) is 22.5. The van der Waals surface area contributed by atoms with Crippen molar-refractivity contribution in [2.24, 2.45) is 5.10 Å². The molecule has 0 aliphatic heterocycles. The van der Waals surface area contributed by atoms with Gasteiger partial charge in [-0.2, -0.15) is 5.10 Å². The Morgan fingerprint density at radius 1 is 0.938 bits per heavy atom. The first-order valence-corrected chi connectivity index (χ1v) is 10.1. The summed E-state index contributed by atoms with van der Waals surface area (Å²) in [5.41, 5.74) is 5.94. The molecular weight excluding hydrogens is 406 g/mol. The highest BCUT2D eigenvalue weighted by Crippen LogP contribution is 2.23. The van der Waals surface area contributed by atoms with Crippen LogP contribution in [0.2, 0.25) is 0 Å². The smallest absolute Gasteiger partial charge is 0.249 e. The molecule has 0 heterocycles. The second kappa shape index (κ2) is 11.3. The topological polar surface area (TPSA) is 89.0 Å². The van der Waals surface area contributed by atoms with Gasteiger partial charge in [0.2, 0.25) is 11.8 Å². The number of hydrogen-bond acceptors (Lipinski definition) is 5. The van der Waals surface area contributed by atoms with Crippen LogP contribution in [0.4, 0.5) is 5.69 Å². The number of hydrogen-bond donors (Lipinski definition) is 2. The van der Waals surface area contributed by atoms with Gasteiger partial charge in [-0.05, 0) is 54.4 Å². The van der Waals surface area contributed by atoms with Crippen LogP contribution >= 0.6 is 0 Å². The quantitative estimate of drug-likeness (QED) is 0.304. The lowest BCUT2D eigenvalue weighted by Gasteiger charge is -2.09. The summed E-state index contributed by atoms with van der Waals surface area (Å²) in [6.45, 7) is 2.53. The molecule has 0 aliphatic rings. The number of nitrogens with one attached hydrogen (secondary N) is 2. The summed E-state index contributed by atoms with van der Waals surface area (Å²) < 4.78 is 10.9. The van der Waals surface area contributed by atoms with Crippen LogP contribution in [0.3, 0.4) is 0 Å². The molecule has 0 radical (unpaired) electrons. The van der Waals surface area contributed by atoms with E-state index in [-0.39, 0.29) is 6.42 Å². The highest BCUT2D eigenvalue weighted by atomic mass is 16.5. The van der Waals surface area contributed by atoms with E-state index in [1.807, 2.05) is 43.3 Å². The highest BCUT2D eigenvalue weighted by molar-refractivity contribution is 6.04. The van der Waals surface area contributed by atoms with E-state index in [0.717, 1.165) is 16.9 Å². The number of anilines is 1. The number of hydrazone groups is 1. The van der Waals surface area contributed by atoms with Crippen LogP contribution in [0.1, 0.15) is 23.1 Å². The van der Waals surface area contributed by atoms with Gasteiger partial charge in [0, 0.05) is 0 Å². The van der Waals surface area contributed by atoms with Crippen molar-refractivity contribution in [3.05, 3.63) is 89.5 Å². The summed E-state index contributed by atoms with van der Waals surface area (Å²) in [6.07, 6.45) is 1.14. The number of amides is 2. The van der Waals surface area contributed by atoms with Crippen LogP contribution in [-0.4, -0.2) is 25.1 Å². The van der Waals surface area contributed by atoms with Crippen LogP contribution in [0.15, 0.2) is 77.9 Å². The molecule has 0 spiro atoms. The number of benzene rings is 3. The van der Waals surface area contributed by atoms with Gasteiger partial charge in [0.05, 0.1) is 19.0 Å². The summed E-state index contributed by atoms with van der Waals surface area (Å²) in [5, 5.41) is 6.54. The van der Waals surface area contributed by atoms with Gasteiger partial charge < -0.3 is 14.8 Å². The minimum absolute atomic E-state index is 0.360. The minimum Gasteiger partial charge on any atom is -0.495 e. The molecule has 32 heavy (non-hydrogen) atoms. The van der Waals surface area contributed by atoms with E-state index in [0.29, 0.717) is 18.0 Å². The van der Waals surface area contributed by atoms with Gasteiger partial charge in [0.15, 0.2) is 0 Å². The van der Waals surface area contributed by atoms with Crippen molar-refractivity contribution in [1.29, 1.82) is 0 Å². The third-order valence-electron chi connectivity index (χ3n) is 4.51. The van der Waals surface area contributed by atoms with Gasteiger partial charge in [-0.1, -0.05) is 42.0 Å². The van der Waals surface area contributed by atoms with E-state index in [1.165, 1.54) is 18.9 Å². The average Bonchev–Trinajstić information content (AvgIpc) is 2.80. The Kier molecular flexibility index (Phi) is 7.97. The summed E-state index contributed by atoms with van der Waals surface area (Å²) in [7, 11) is 1.51. The molecule has 0 aliphatic carbocycles. The van der Waals surface area contributed by atoms with E-state index >= 15 is 0 Å². The maximum absolute atomic E-state index is 12.0. The maximum Gasteiger partial charge on any atom is 0.249 e. The zero-order valence-corrected chi connectivity index (χ0v) is 18.0. The van der Waals surface area contributed by atoms with E-state index in [1.54, 1.807) is 24.3 Å². The van der Waals surface area contributed by atoms with E-state index in [9.17, 15) is 9.59 Å². The van der Waals surface area contributed by atoms with Crippen molar-refractivity contribution < 1.29 is 19.1 Å². The molecule has 3 aromatic rings. The number of carbonyl (C=O) groups excluding carboxylic acids is 2. The molecule has 0 saturated carbocycles. The zero-order valence-electron chi connectivity index (χ0n) is 18.0. The van der Waals surface area contributed by atoms with Gasteiger partial charge >= 0.3 is 0 Å². The third-order valence-corrected chi connectivity index (χ3v) is 4.51. The Bertz CT molecular complexity index is 1080. The molecule has 3 rings (SSSR count). The molecular formula is C25H25N3O4. The van der Waals surface area contributed by atoms with Crippen LogP contribution in [0, 0.1) is 6.92 Å². The third kappa shape index (κ3) is 6.98. The zero-order chi connectivity index (χ0) is 22.8. The number of ether oxygens (including phenoxy) is 2. The fraction of sp³-hybridized carbons (Fsp3) is 0.160. The van der Waals surface area contributed by atoms with Crippen LogP contribution in [0.5, 0.6) is 11.5 Å². The Labute approximate surface area is 187 Å². The molecule has 2 N–H and O–H groups in total. The standard InChI is InChI=1S/C25H25N3O4/c1-18-7-9-20(10-8-18)17-32-21-13-11-19(12-14-21)16-26-28-25(30)15-24(29)27-22-5-3-4-6-23(22)31-2/h3-14,16H,15,17H2,1-2H3,(H,27,29)(H,28,30). The predicted molar refractivity (Wildman–Crippen MR) is 124 cm³/mol. The molecule has 164 valence electrons. The molecule has 3 aromatic carbocycles. The molecule has 0 bridgehead atoms. The van der Waals surface area contributed by atoms with Gasteiger partial charge in [-0.3, -0.25) is 9.59 Å². The Balaban J connectivity index is 1.43. The number of rotatable bonds is 9. The Hall–Kier alpha value is -4.13. The van der Waals surface area contributed by atoms with Crippen LogP contribution in [0.25, 0.3) is 0 Å².